The van der Waals surface area contributed by atoms with Crippen molar-refractivity contribution in [2.75, 3.05) is 12.8 Å². The lowest BCUT2D eigenvalue weighted by Crippen LogP contribution is -2.30. The second-order valence-electron chi connectivity index (χ2n) is 4.31. The lowest BCUT2D eigenvalue weighted by molar-refractivity contribution is -0.121. The zero-order valence-electron chi connectivity index (χ0n) is 11.4. The van der Waals surface area contributed by atoms with Crippen LogP contribution in [-0.2, 0) is 18.4 Å². The first kappa shape index (κ1) is 15.0. The Morgan fingerprint density at radius 2 is 2.17 bits per heavy atom. The van der Waals surface area contributed by atoms with Gasteiger partial charge in [0.2, 0.25) is 5.91 Å². The Kier molecular flexibility index (Phi) is 6.14. The van der Waals surface area contributed by atoms with Gasteiger partial charge < -0.3 is 15.2 Å². The lowest BCUT2D eigenvalue weighted by Gasteiger charge is -2.07. The summed E-state index contributed by atoms with van der Waals surface area (Å²) in [5.74, 6) is 1.69. The van der Waals surface area contributed by atoms with Crippen LogP contribution in [0, 0.1) is 0 Å². The number of carbonyl (C=O) groups is 1. The Morgan fingerprint density at radius 1 is 1.44 bits per heavy atom. The zero-order valence-corrected chi connectivity index (χ0v) is 12.2. The maximum atomic E-state index is 11.5. The fraction of sp³-hybridized carbons (Fsp3) is 0.727. The first-order valence-corrected chi connectivity index (χ1v) is 6.98. The first-order chi connectivity index (χ1) is 8.54. The van der Waals surface area contributed by atoms with Gasteiger partial charge in [-0.3, -0.25) is 4.79 Å². The van der Waals surface area contributed by atoms with E-state index < -0.39 is 0 Å². The molecule has 7 heteroatoms. The van der Waals surface area contributed by atoms with Crippen LogP contribution in [-0.4, -0.2) is 39.5 Å². The van der Waals surface area contributed by atoms with Gasteiger partial charge in [-0.2, -0.15) is 0 Å². The van der Waals surface area contributed by atoms with Crippen LogP contribution in [0.5, 0.6) is 0 Å². The minimum absolute atomic E-state index is 0.0788. The molecule has 0 atom stereocenters. The molecular weight excluding hydrogens is 250 g/mol. The lowest BCUT2D eigenvalue weighted by atomic mass is 10.3. The summed E-state index contributed by atoms with van der Waals surface area (Å²) in [6.07, 6.45) is 0.497. The van der Waals surface area contributed by atoms with Crippen molar-refractivity contribution < 1.29 is 4.79 Å². The summed E-state index contributed by atoms with van der Waals surface area (Å²) in [5.41, 5.74) is 0. The predicted molar refractivity (Wildman–Crippen MR) is 72.4 cm³/mol. The van der Waals surface area contributed by atoms with E-state index >= 15 is 0 Å². The van der Waals surface area contributed by atoms with Crippen molar-refractivity contribution in [3.8, 4) is 0 Å². The molecule has 1 aromatic rings. The van der Waals surface area contributed by atoms with Gasteiger partial charge in [-0.1, -0.05) is 11.8 Å². The van der Waals surface area contributed by atoms with E-state index in [-0.39, 0.29) is 11.9 Å². The van der Waals surface area contributed by atoms with Gasteiger partial charge in [-0.25, -0.2) is 0 Å². The first-order valence-electron chi connectivity index (χ1n) is 5.99. The van der Waals surface area contributed by atoms with Crippen molar-refractivity contribution in [1.82, 2.24) is 25.4 Å². The molecule has 0 aliphatic heterocycles. The Labute approximate surface area is 112 Å². The number of aromatic nitrogens is 3. The molecule has 1 aromatic heterocycles. The number of amides is 1. The van der Waals surface area contributed by atoms with Gasteiger partial charge in [0.05, 0.1) is 6.54 Å². The molecule has 1 rings (SSSR count). The minimum atomic E-state index is 0.0788. The Bertz CT molecular complexity index is 391. The molecular formula is C11H21N5OS. The predicted octanol–water partition coefficient (Wildman–Crippen LogP) is 0.541. The van der Waals surface area contributed by atoms with Crippen LogP contribution in [0.3, 0.4) is 0 Å². The molecule has 0 aliphatic carbocycles. The second kappa shape index (κ2) is 7.38. The molecule has 1 heterocycles. The highest BCUT2D eigenvalue weighted by atomic mass is 32.2. The second-order valence-corrected chi connectivity index (χ2v) is 5.37. The van der Waals surface area contributed by atoms with E-state index in [9.17, 15) is 4.79 Å². The Hall–Kier alpha value is -1.08. The van der Waals surface area contributed by atoms with Crippen molar-refractivity contribution in [2.24, 2.45) is 7.05 Å². The summed E-state index contributed by atoms with van der Waals surface area (Å²) in [6, 6.07) is 0.194. The summed E-state index contributed by atoms with van der Waals surface area (Å²) < 4.78 is 1.95. The Morgan fingerprint density at radius 3 is 2.78 bits per heavy atom. The molecule has 0 spiro atoms. The topological polar surface area (TPSA) is 71.8 Å². The summed E-state index contributed by atoms with van der Waals surface area (Å²) in [5, 5.41) is 14.9. The highest BCUT2D eigenvalue weighted by Gasteiger charge is 2.09. The van der Waals surface area contributed by atoms with Crippen LogP contribution in [0.25, 0.3) is 0 Å². The van der Waals surface area contributed by atoms with Crippen molar-refractivity contribution in [3.05, 3.63) is 5.82 Å². The monoisotopic (exact) mass is 271 g/mol. The van der Waals surface area contributed by atoms with E-state index in [0.29, 0.717) is 18.7 Å². The number of hydrogen-bond acceptors (Lipinski definition) is 5. The van der Waals surface area contributed by atoms with Gasteiger partial charge in [0.15, 0.2) is 5.16 Å². The van der Waals surface area contributed by atoms with Crippen LogP contribution >= 0.6 is 11.8 Å². The summed E-state index contributed by atoms with van der Waals surface area (Å²) >= 11 is 1.55. The van der Waals surface area contributed by atoms with Gasteiger partial charge >= 0.3 is 0 Å². The van der Waals surface area contributed by atoms with Crippen molar-refractivity contribution in [2.45, 2.75) is 38.0 Å². The third-order valence-electron chi connectivity index (χ3n) is 2.27. The number of nitrogens with one attached hydrogen (secondary N) is 2. The molecule has 18 heavy (non-hydrogen) atoms. The van der Waals surface area contributed by atoms with Crippen LogP contribution in [0.2, 0.25) is 0 Å². The molecule has 102 valence electrons. The number of thioether (sulfide) groups is 1. The molecule has 1 amide bonds. The van der Waals surface area contributed by atoms with E-state index in [0.717, 1.165) is 11.0 Å². The summed E-state index contributed by atoms with van der Waals surface area (Å²) in [6.45, 7) is 4.60. The van der Waals surface area contributed by atoms with Crippen LogP contribution < -0.4 is 10.6 Å². The number of nitrogens with zero attached hydrogens (tertiary/aromatic N) is 3. The third kappa shape index (κ3) is 4.66. The molecule has 0 aromatic carbocycles. The molecule has 6 nitrogen and oxygen atoms in total. The molecule has 0 unspecified atom stereocenters. The minimum Gasteiger partial charge on any atom is -0.354 e. The average molecular weight is 271 g/mol. The van der Waals surface area contributed by atoms with Crippen molar-refractivity contribution in [1.29, 1.82) is 0 Å². The standard InChI is InChI=1S/C11H21N5OS/c1-8(2)13-10(17)5-6-18-11-15-14-9(7-12-3)16(11)4/h8,12H,5-7H2,1-4H3,(H,13,17). The van der Waals surface area contributed by atoms with Crippen LogP contribution in [0.4, 0.5) is 0 Å². The molecule has 0 radical (unpaired) electrons. The molecule has 2 N–H and O–H groups in total. The van der Waals surface area contributed by atoms with Crippen molar-refractivity contribution in [3.63, 3.8) is 0 Å². The van der Waals surface area contributed by atoms with E-state index in [4.69, 9.17) is 0 Å². The van der Waals surface area contributed by atoms with Gasteiger partial charge in [-0.15, -0.1) is 10.2 Å². The molecule has 0 fully saturated rings. The van der Waals surface area contributed by atoms with Crippen LogP contribution in [0.1, 0.15) is 26.1 Å². The SMILES string of the molecule is CNCc1nnc(SCCC(=O)NC(C)C)n1C. The van der Waals surface area contributed by atoms with Gasteiger partial charge in [-0.05, 0) is 20.9 Å². The average Bonchev–Trinajstić information content (AvgIpc) is 2.61. The van der Waals surface area contributed by atoms with Gasteiger partial charge in [0, 0.05) is 25.3 Å². The fourth-order valence-electron chi connectivity index (χ4n) is 1.41. The molecule has 0 saturated heterocycles. The maximum absolute atomic E-state index is 11.5. The number of rotatable bonds is 7. The van der Waals surface area contributed by atoms with Crippen molar-refractivity contribution >= 4 is 17.7 Å². The molecule has 0 aliphatic rings. The van der Waals surface area contributed by atoms with E-state index in [1.54, 1.807) is 11.8 Å². The summed E-state index contributed by atoms with van der Waals surface area (Å²) in [7, 11) is 3.81. The normalized spacial score (nSPS) is 10.9. The highest BCUT2D eigenvalue weighted by Crippen LogP contribution is 2.16. The highest BCUT2D eigenvalue weighted by molar-refractivity contribution is 7.99. The zero-order chi connectivity index (χ0) is 13.5. The largest absolute Gasteiger partial charge is 0.354 e. The maximum Gasteiger partial charge on any atom is 0.221 e. The molecule has 0 bridgehead atoms. The molecule has 0 saturated carbocycles. The summed E-state index contributed by atoms with van der Waals surface area (Å²) in [4.78, 5) is 11.5. The van der Waals surface area contributed by atoms with Gasteiger partial charge in [0.1, 0.15) is 5.82 Å². The fourth-order valence-corrected chi connectivity index (χ4v) is 2.28. The number of carbonyl (C=O) groups excluding carboxylic acids is 1. The van der Waals surface area contributed by atoms with E-state index in [1.807, 2.05) is 32.5 Å². The number of hydrogen-bond donors (Lipinski definition) is 2. The smallest absolute Gasteiger partial charge is 0.221 e. The quantitative estimate of drug-likeness (QED) is 0.708. The van der Waals surface area contributed by atoms with E-state index in [1.165, 1.54) is 0 Å². The van der Waals surface area contributed by atoms with Gasteiger partial charge in [0.25, 0.3) is 0 Å². The van der Waals surface area contributed by atoms with Crippen LogP contribution in [0.15, 0.2) is 5.16 Å². The Balaban J connectivity index is 2.37. The third-order valence-corrected chi connectivity index (χ3v) is 3.29. The van der Waals surface area contributed by atoms with E-state index in [2.05, 4.69) is 20.8 Å².